The van der Waals surface area contributed by atoms with Crippen LogP contribution in [-0.2, 0) is 43.2 Å². The van der Waals surface area contributed by atoms with Gasteiger partial charge in [-0.3, -0.25) is 19.2 Å². The lowest BCUT2D eigenvalue weighted by Gasteiger charge is -2.25. The third kappa shape index (κ3) is 16.3. The van der Waals surface area contributed by atoms with E-state index >= 15 is 0 Å². The van der Waals surface area contributed by atoms with Crippen LogP contribution < -0.4 is 27.0 Å². The number of rotatable bonds is 27. The molecule has 66 heavy (non-hydrogen) atoms. The van der Waals surface area contributed by atoms with Gasteiger partial charge in [0.2, 0.25) is 23.6 Å². The van der Waals surface area contributed by atoms with Crippen molar-refractivity contribution in [1.82, 2.24) is 31.2 Å². The molecule has 0 radical (unpaired) electrons. The fourth-order valence-electron chi connectivity index (χ4n) is 7.76. The molecule has 0 aliphatic carbocycles. The number of aromatic nitrogens is 2. The lowest BCUT2D eigenvalue weighted by atomic mass is 9.91. The van der Waals surface area contributed by atoms with Gasteiger partial charge in [-0.1, -0.05) is 135 Å². The van der Waals surface area contributed by atoms with Crippen LogP contribution in [0, 0.1) is 6.92 Å². The maximum absolute atomic E-state index is 14.3. The number of aromatic hydroxyl groups is 1. The molecule has 1 heterocycles. The molecule has 0 saturated heterocycles. The lowest BCUT2D eigenvalue weighted by molar-refractivity contribution is -0.142. The van der Waals surface area contributed by atoms with Crippen molar-refractivity contribution in [2.75, 3.05) is 6.54 Å². The van der Waals surface area contributed by atoms with Gasteiger partial charge in [-0.05, 0) is 67.0 Å². The molecular weight excluding hydrogens is 835 g/mol. The topological polar surface area (TPSA) is 229 Å². The van der Waals surface area contributed by atoms with Gasteiger partial charge in [-0.2, -0.15) is 0 Å². The van der Waals surface area contributed by atoms with E-state index in [1.165, 1.54) is 12.1 Å². The lowest BCUT2D eigenvalue weighted by Crippen LogP contribution is -2.58. The summed E-state index contributed by atoms with van der Waals surface area (Å²) in [5.41, 5.74) is 11.5. The van der Waals surface area contributed by atoms with Crippen LogP contribution in [0.3, 0.4) is 0 Å². The number of phenols is 1. The van der Waals surface area contributed by atoms with Gasteiger partial charge in [0.25, 0.3) is 0 Å². The van der Waals surface area contributed by atoms with Crippen molar-refractivity contribution >= 4 is 29.6 Å². The number of aliphatic carboxylic acids is 1. The maximum Gasteiger partial charge on any atom is 0.326 e. The van der Waals surface area contributed by atoms with Gasteiger partial charge < -0.3 is 42.2 Å². The zero-order chi connectivity index (χ0) is 47.3. The van der Waals surface area contributed by atoms with Gasteiger partial charge in [-0.15, -0.1) is 0 Å². The summed E-state index contributed by atoms with van der Waals surface area (Å²) in [5, 5.41) is 31.0. The Bertz CT molecular complexity index is 2250. The third-order valence-electron chi connectivity index (χ3n) is 11.5. The summed E-state index contributed by atoms with van der Waals surface area (Å²) in [4.78, 5) is 75.1. The number of phenolic OH excluding ortho intramolecular Hbond substituents is 1. The Kier molecular flexibility index (Phi) is 20.0. The van der Waals surface area contributed by atoms with Crippen molar-refractivity contribution in [3.63, 3.8) is 0 Å². The summed E-state index contributed by atoms with van der Waals surface area (Å²) in [6, 6.07) is 28.5. The molecule has 0 aliphatic rings. The molecule has 0 bridgehead atoms. The number of carbonyl (C=O) groups excluding carboxylic acids is 4. The minimum absolute atomic E-state index is 0.0160. The fourth-order valence-corrected chi connectivity index (χ4v) is 7.76. The van der Waals surface area contributed by atoms with Crippen LogP contribution >= 0.6 is 0 Å². The van der Waals surface area contributed by atoms with E-state index in [9.17, 15) is 34.2 Å². The van der Waals surface area contributed by atoms with Crippen LogP contribution in [0.1, 0.15) is 110 Å². The molecule has 5 aromatic rings. The third-order valence-corrected chi connectivity index (χ3v) is 11.5. The number of nitrogens with one attached hydrogen (secondary N) is 5. The summed E-state index contributed by atoms with van der Waals surface area (Å²) in [7, 11) is 0. The molecule has 4 aromatic carbocycles. The number of carbonyl (C=O) groups is 5. The number of amides is 4. The Morgan fingerprint density at radius 1 is 0.652 bits per heavy atom. The molecule has 1 aromatic heterocycles. The van der Waals surface area contributed by atoms with E-state index in [0.717, 1.165) is 54.4 Å². The minimum Gasteiger partial charge on any atom is -0.508 e. The Morgan fingerprint density at radius 3 is 1.83 bits per heavy atom. The molecule has 0 fully saturated rings. The van der Waals surface area contributed by atoms with Crippen molar-refractivity contribution in [1.29, 1.82) is 0 Å². The number of nitrogens with two attached hydrogens (primary N) is 1. The Balaban J connectivity index is 1.30. The first-order chi connectivity index (χ1) is 31.9. The smallest absolute Gasteiger partial charge is 0.326 e. The highest BCUT2D eigenvalue weighted by Crippen LogP contribution is 2.30. The van der Waals surface area contributed by atoms with Crippen molar-refractivity contribution in [3.8, 4) is 5.75 Å². The SMILES string of the molecule is CCCCCCCC(=O)NCCCCC(NC(=O)C(N)Cc1cnc(C(c2ccccc2)c2ccccc2)[nH]1)C(=O)NC(Cc1ccc(C)cc1)C(=O)N[C@@H](Cc1ccc(O)cc1)C(=O)O. The van der Waals surface area contributed by atoms with Gasteiger partial charge in [0.05, 0.1) is 12.0 Å². The summed E-state index contributed by atoms with van der Waals surface area (Å²) >= 11 is 0. The average Bonchev–Trinajstić information content (AvgIpc) is 3.77. The number of aryl methyl sites for hydroxylation is 1. The predicted molar refractivity (Wildman–Crippen MR) is 254 cm³/mol. The normalized spacial score (nSPS) is 13.0. The van der Waals surface area contributed by atoms with E-state index in [-0.39, 0.29) is 43.3 Å². The number of carboxylic acids is 1. The highest BCUT2D eigenvalue weighted by molar-refractivity contribution is 5.94. The van der Waals surface area contributed by atoms with Crippen molar-refractivity contribution in [3.05, 3.63) is 155 Å². The Labute approximate surface area is 387 Å². The van der Waals surface area contributed by atoms with E-state index in [4.69, 9.17) is 10.7 Å². The number of carboxylic acid groups (broad SMARTS) is 1. The number of benzene rings is 4. The van der Waals surface area contributed by atoms with E-state index in [1.807, 2.05) is 91.9 Å². The number of unbranched alkanes of at least 4 members (excludes halogenated alkanes) is 5. The second-order valence-corrected chi connectivity index (χ2v) is 17.0. The molecule has 5 rings (SSSR count). The summed E-state index contributed by atoms with van der Waals surface area (Å²) in [6.07, 6.45) is 8.48. The second kappa shape index (κ2) is 26.2. The standard InChI is InChI=1S/C52H65N7O7/c1-3-4-5-6-13-21-46(61)54-30-15-14-20-43(57-49(62)42(53)33-40-34-55-48(56-40)47(38-16-9-7-10-17-38)39-18-11-8-12-19-39)50(63)58-44(31-36-24-22-35(2)23-25-36)51(64)59-45(52(65)66)32-37-26-28-41(60)29-27-37/h7-12,16-19,22-29,34,42-45,47,60H,3-6,13-15,20-21,30-33,53H2,1-2H3,(H,54,61)(H,55,56)(H,57,62)(H,58,63)(H,59,64)(H,65,66)/t42?,43?,44?,45-/m0/s1. The van der Waals surface area contributed by atoms with E-state index < -0.39 is 47.9 Å². The monoisotopic (exact) mass is 899 g/mol. The molecule has 350 valence electrons. The first-order valence-electron chi connectivity index (χ1n) is 23.0. The molecular formula is C52H65N7O7. The second-order valence-electron chi connectivity index (χ2n) is 17.0. The van der Waals surface area contributed by atoms with Crippen molar-refractivity contribution in [2.45, 2.75) is 121 Å². The van der Waals surface area contributed by atoms with E-state index in [0.29, 0.717) is 42.9 Å². The minimum atomic E-state index is -1.35. The fraction of sp³-hybridized carbons (Fsp3) is 0.385. The maximum atomic E-state index is 14.3. The number of hydrogen-bond acceptors (Lipinski definition) is 8. The van der Waals surface area contributed by atoms with Crippen molar-refractivity contribution in [2.24, 2.45) is 5.73 Å². The van der Waals surface area contributed by atoms with Gasteiger partial charge in [0, 0.05) is 44.1 Å². The number of hydrogen-bond donors (Lipinski definition) is 8. The number of H-pyrrole nitrogens is 1. The van der Waals surface area contributed by atoms with Gasteiger partial charge in [-0.25, -0.2) is 9.78 Å². The zero-order valence-electron chi connectivity index (χ0n) is 38.0. The Morgan fingerprint density at radius 2 is 1.21 bits per heavy atom. The highest BCUT2D eigenvalue weighted by atomic mass is 16.4. The molecule has 3 unspecified atom stereocenters. The quantitative estimate of drug-likeness (QED) is 0.0283. The van der Waals surface area contributed by atoms with Gasteiger partial charge in [0.15, 0.2) is 0 Å². The number of imidazole rings is 1. The highest BCUT2D eigenvalue weighted by Gasteiger charge is 2.31. The average molecular weight is 900 g/mol. The summed E-state index contributed by atoms with van der Waals surface area (Å²) in [5.74, 6) is -2.78. The molecule has 14 heteroatoms. The molecule has 0 spiro atoms. The Hall–Kier alpha value is -6.80. The molecule has 0 aliphatic heterocycles. The van der Waals surface area contributed by atoms with Crippen LogP contribution in [0.15, 0.2) is 115 Å². The summed E-state index contributed by atoms with van der Waals surface area (Å²) < 4.78 is 0. The van der Waals surface area contributed by atoms with E-state index in [1.54, 1.807) is 18.3 Å². The van der Waals surface area contributed by atoms with Crippen LogP contribution in [0.25, 0.3) is 0 Å². The summed E-state index contributed by atoms with van der Waals surface area (Å²) in [6.45, 7) is 4.46. The van der Waals surface area contributed by atoms with Crippen LogP contribution in [0.5, 0.6) is 5.75 Å². The van der Waals surface area contributed by atoms with E-state index in [2.05, 4.69) is 33.2 Å². The molecule has 9 N–H and O–H groups in total. The van der Waals surface area contributed by atoms with Gasteiger partial charge in [0.1, 0.15) is 29.7 Å². The van der Waals surface area contributed by atoms with Crippen LogP contribution in [0.2, 0.25) is 0 Å². The first kappa shape index (κ1) is 50.2. The van der Waals surface area contributed by atoms with Crippen molar-refractivity contribution < 1.29 is 34.2 Å². The molecule has 14 nitrogen and oxygen atoms in total. The molecule has 4 amide bonds. The number of aromatic amines is 1. The number of nitrogens with zero attached hydrogens (tertiary/aromatic N) is 1. The molecule has 0 saturated carbocycles. The molecule has 4 atom stereocenters. The van der Waals surface area contributed by atoms with Gasteiger partial charge >= 0.3 is 5.97 Å². The predicted octanol–water partition coefficient (Wildman–Crippen LogP) is 6.15. The van der Waals surface area contributed by atoms with Crippen LogP contribution in [0.4, 0.5) is 0 Å². The van der Waals surface area contributed by atoms with Crippen LogP contribution in [-0.4, -0.2) is 80.5 Å². The first-order valence-corrected chi connectivity index (χ1v) is 23.0. The zero-order valence-corrected chi connectivity index (χ0v) is 38.0. The largest absolute Gasteiger partial charge is 0.508 e.